The number of hydrogen-bond donors (Lipinski definition) is 1. The van der Waals surface area contributed by atoms with E-state index in [9.17, 15) is 9.18 Å². The lowest BCUT2D eigenvalue weighted by Crippen LogP contribution is -2.35. The van der Waals surface area contributed by atoms with Crippen LogP contribution in [-0.2, 0) is 9.57 Å². The summed E-state index contributed by atoms with van der Waals surface area (Å²) in [6, 6.07) is 5.34. The molecule has 1 aromatic carbocycles. The lowest BCUT2D eigenvalue weighted by molar-refractivity contribution is 0.0587. The number of nitrogens with zero attached hydrogens (tertiary/aromatic N) is 1. The summed E-state index contributed by atoms with van der Waals surface area (Å²) >= 11 is 0. The highest BCUT2D eigenvalue weighted by Crippen LogP contribution is 2.16. The Labute approximate surface area is 117 Å². The molecular weight excluding hydrogens is 263 g/mol. The van der Waals surface area contributed by atoms with Gasteiger partial charge in [0.25, 0.3) is 0 Å². The van der Waals surface area contributed by atoms with Crippen molar-refractivity contribution in [2.75, 3.05) is 12.4 Å². The lowest BCUT2D eigenvalue weighted by atomic mass is 9.98. The van der Waals surface area contributed by atoms with E-state index in [0.29, 0.717) is 17.8 Å². The second-order valence-corrected chi connectivity index (χ2v) is 4.48. The quantitative estimate of drug-likeness (QED) is 0.510. The first-order valence-electron chi connectivity index (χ1n) is 6.25. The van der Waals surface area contributed by atoms with Gasteiger partial charge in [-0.1, -0.05) is 12.1 Å². The molecule has 1 atom stereocenters. The number of halogens is 1. The lowest BCUT2D eigenvalue weighted by Gasteiger charge is -2.25. The maximum atomic E-state index is 12.7. The molecule has 1 amide bonds. The van der Waals surface area contributed by atoms with Crippen LogP contribution in [0.1, 0.15) is 27.2 Å². The van der Waals surface area contributed by atoms with E-state index < -0.39 is 11.7 Å². The fourth-order valence-electron chi connectivity index (χ4n) is 1.43. The molecule has 0 spiro atoms. The number of nitrogens with one attached hydrogen (secondary N) is 1. The van der Waals surface area contributed by atoms with Crippen LogP contribution in [0, 0.1) is 5.82 Å². The number of anilines is 1. The van der Waals surface area contributed by atoms with Gasteiger partial charge in [0.2, 0.25) is 0 Å². The molecule has 0 saturated carbocycles. The predicted molar refractivity (Wildman–Crippen MR) is 75.3 cm³/mol. The molecule has 0 fully saturated rings. The predicted octanol–water partition coefficient (Wildman–Crippen LogP) is 3.57. The first kappa shape index (κ1) is 16.1. The molecular formula is C14H19FN2O3. The SMILES string of the molecule is CCC(C)(OC)/C(C)=N/OC(=O)Nc1ccc(F)cc1. The fourth-order valence-corrected chi connectivity index (χ4v) is 1.43. The molecule has 20 heavy (non-hydrogen) atoms. The van der Waals surface area contributed by atoms with E-state index in [1.807, 2.05) is 13.8 Å². The first-order valence-corrected chi connectivity index (χ1v) is 6.25. The summed E-state index contributed by atoms with van der Waals surface area (Å²) < 4.78 is 18.0. The van der Waals surface area contributed by atoms with Gasteiger partial charge in [-0.05, 0) is 44.5 Å². The highest BCUT2D eigenvalue weighted by molar-refractivity contribution is 5.91. The monoisotopic (exact) mass is 282 g/mol. The third-order valence-electron chi connectivity index (χ3n) is 3.25. The molecule has 6 heteroatoms. The number of ether oxygens (including phenoxy) is 1. The van der Waals surface area contributed by atoms with Crippen LogP contribution in [0.25, 0.3) is 0 Å². The zero-order valence-corrected chi connectivity index (χ0v) is 12.1. The number of hydrogen-bond acceptors (Lipinski definition) is 4. The maximum absolute atomic E-state index is 12.7. The van der Waals surface area contributed by atoms with E-state index >= 15 is 0 Å². The number of carbonyl (C=O) groups excluding carboxylic acids is 1. The largest absolute Gasteiger partial charge is 0.437 e. The van der Waals surface area contributed by atoms with Gasteiger partial charge in [-0.25, -0.2) is 9.18 Å². The number of oxime groups is 1. The summed E-state index contributed by atoms with van der Waals surface area (Å²) in [5.41, 5.74) is 0.405. The molecule has 0 aliphatic heterocycles. The van der Waals surface area contributed by atoms with Crippen molar-refractivity contribution in [3.05, 3.63) is 30.1 Å². The Morgan fingerprint density at radius 2 is 2.00 bits per heavy atom. The average molecular weight is 282 g/mol. The number of carbonyl (C=O) groups is 1. The highest BCUT2D eigenvalue weighted by Gasteiger charge is 2.26. The summed E-state index contributed by atoms with van der Waals surface area (Å²) in [5.74, 6) is -0.378. The van der Waals surface area contributed by atoms with Crippen LogP contribution < -0.4 is 5.32 Å². The Bertz CT molecular complexity index is 482. The van der Waals surface area contributed by atoms with Crippen LogP contribution in [-0.4, -0.2) is 24.5 Å². The topological polar surface area (TPSA) is 59.9 Å². The van der Waals surface area contributed by atoms with E-state index in [4.69, 9.17) is 9.57 Å². The molecule has 0 radical (unpaired) electrons. The molecule has 5 nitrogen and oxygen atoms in total. The zero-order chi connectivity index (χ0) is 15.2. The standard InChI is InChI=1S/C14H19FN2O3/c1-5-14(3,19-4)10(2)17-20-13(18)16-12-8-6-11(15)7-9-12/h6-9H,5H2,1-4H3,(H,16,18)/b17-10+. The van der Waals surface area contributed by atoms with E-state index in [1.54, 1.807) is 14.0 Å². The molecule has 0 aliphatic carbocycles. The molecule has 1 rings (SSSR count). The molecule has 0 heterocycles. The molecule has 1 aromatic rings. The van der Waals surface area contributed by atoms with E-state index in [2.05, 4.69) is 10.5 Å². The Kier molecular flexibility index (Phi) is 5.64. The van der Waals surface area contributed by atoms with Gasteiger partial charge in [0, 0.05) is 12.8 Å². The summed E-state index contributed by atoms with van der Waals surface area (Å²) in [6.45, 7) is 5.52. The maximum Gasteiger partial charge on any atom is 0.437 e. The Balaban J connectivity index is 2.60. The van der Waals surface area contributed by atoms with Crippen molar-refractivity contribution in [1.29, 1.82) is 0 Å². The van der Waals surface area contributed by atoms with Gasteiger partial charge >= 0.3 is 6.09 Å². The van der Waals surface area contributed by atoms with Gasteiger partial charge < -0.3 is 4.74 Å². The molecule has 0 saturated heterocycles. The van der Waals surface area contributed by atoms with Crippen LogP contribution >= 0.6 is 0 Å². The average Bonchev–Trinajstić information content (AvgIpc) is 2.46. The van der Waals surface area contributed by atoms with Gasteiger partial charge in [-0.15, -0.1) is 0 Å². The number of benzene rings is 1. The number of amides is 1. The van der Waals surface area contributed by atoms with Crippen molar-refractivity contribution < 1.29 is 18.8 Å². The van der Waals surface area contributed by atoms with E-state index in [0.717, 1.165) is 0 Å². The third-order valence-corrected chi connectivity index (χ3v) is 3.25. The van der Waals surface area contributed by atoms with Crippen molar-refractivity contribution in [1.82, 2.24) is 0 Å². The van der Waals surface area contributed by atoms with Gasteiger partial charge in [-0.2, -0.15) is 0 Å². The number of methoxy groups -OCH3 is 1. The smallest absolute Gasteiger partial charge is 0.372 e. The van der Waals surface area contributed by atoms with Crippen LogP contribution in [0.2, 0.25) is 0 Å². The Morgan fingerprint density at radius 3 is 2.50 bits per heavy atom. The summed E-state index contributed by atoms with van der Waals surface area (Å²) in [5, 5.41) is 6.19. The van der Waals surface area contributed by atoms with Gasteiger partial charge in [0.1, 0.15) is 11.4 Å². The minimum Gasteiger partial charge on any atom is -0.372 e. The molecule has 110 valence electrons. The number of rotatable bonds is 5. The van der Waals surface area contributed by atoms with E-state index in [-0.39, 0.29) is 5.82 Å². The minimum absolute atomic E-state index is 0.378. The summed E-state index contributed by atoms with van der Waals surface area (Å²) in [7, 11) is 1.57. The fraction of sp³-hybridized carbons (Fsp3) is 0.429. The minimum atomic E-state index is -0.745. The van der Waals surface area contributed by atoms with Gasteiger partial charge in [0.15, 0.2) is 0 Å². The highest BCUT2D eigenvalue weighted by atomic mass is 19.1. The molecule has 0 bridgehead atoms. The Morgan fingerprint density at radius 1 is 1.40 bits per heavy atom. The molecule has 0 aromatic heterocycles. The van der Waals surface area contributed by atoms with Crippen molar-refractivity contribution in [2.45, 2.75) is 32.8 Å². The second-order valence-electron chi connectivity index (χ2n) is 4.48. The molecule has 1 N–H and O–H groups in total. The second kappa shape index (κ2) is 7.00. The van der Waals surface area contributed by atoms with Crippen LogP contribution in [0.4, 0.5) is 14.9 Å². The van der Waals surface area contributed by atoms with Crippen molar-refractivity contribution in [3.8, 4) is 0 Å². The third kappa shape index (κ3) is 4.31. The molecule has 1 unspecified atom stereocenters. The van der Waals surface area contributed by atoms with Crippen molar-refractivity contribution in [3.63, 3.8) is 0 Å². The van der Waals surface area contributed by atoms with Gasteiger partial charge in [0.05, 0.1) is 5.71 Å². The van der Waals surface area contributed by atoms with Crippen LogP contribution in [0.5, 0.6) is 0 Å². The summed E-state index contributed by atoms with van der Waals surface area (Å²) in [6.07, 6.45) is -0.0487. The van der Waals surface area contributed by atoms with Crippen molar-refractivity contribution >= 4 is 17.5 Å². The van der Waals surface area contributed by atoms with Crippen LogP contribution in [0.3, 0.4) is 0 Å². The van der Waals surface area contributed by atoms with Gasteiger partial charge in [-0.3, -0.25) is 10.2 Å². The normalized spacial score (nSPS) is 14.6. The Hall–Kier alpha value is -1.95. The van der Waals surface area contributed by atoms with Crippen molar-refractivity contribution in [2.24, 2.45) is 5.16 Å². The summed E-state index contributed by atoms with van der Waals surface area (Å²) in [4.78, 5) is 16.3. The van der Waals surface area contributed by atoms with E-state index in [1.165, 1.54) is 24.3 Å². The first-order chi connectivity index (χ1) is 9.41. The zero-order valence-electron chi connectivity index (χ0n) is 12.1. The van der Waals surface area contributed by atoms with Crippen LogP contribution in [0.15, 0.2) is 29.4 Å². The molecule has 0 aliphatic rings.